The zero-order chi connectivity index (χ0) is 13.1. The lowest BCUT2D eigenvalue weighted by Crippen LogP contribution is -2.06. The van der Waals surface area contributed by atoms with Crippen molar-refractivity contribution in [3.8, 4) is 0 Å². The quantitative estimate of drug-likeness (QED) is 0.282. The van der Waals surface area contributed by atoms with Crippen LogP contribution < -0.4 is 0 Å². The highest BCUT2D eigenvalue weighted by Crippen LogP contribution is 2.09. The molecule has 3 heteroatoms. The fourth-order valence-electron chi connectivity index (χ4n) is 1.35. The Morgan fingerprint density at radius 1 is 1.18 bits per heavy atom. The van der Waals surface area contributed by atoms with Crippen LogP contribution in [0.2, 0.25) is 0 Å². The highest BCUT2D eigenvalue weighted by atomic mass is 16.6. The van der Waals surface area contributed by atoms with E-state index in [0.29, 0.717) is 0 Å². The van der Waals surface area contributed by atoms with Crippen LogP contribution in [0.3, 0.4) is 0 Å². The molecule has 0 bridgehead atoms. The van der Waals surface area contributed by atoms with Gasteiger partial charge in [-0.25, -0.2) is 9.59 Å². The molecule has 0 aromatic carbocycles. The minimum atomic E-state index is -0.711. The van der Waals surface area contributed by atoms with Gasteiger partial charge in [-0.1, -0.05) is 45.8 Å². The molecule has 0 aromatic heterocycles. The molecular formula is C14H22O3. The molecule has 0 saturated carbocycles. The van der Waals surface area contributed by atoms with E-state index >= 15 is 0 Å². The molecule has 0 radical (unpaired) electrons. The maximum Gasteiger partial charge on any atom is 0.338 e. The third-order valence-electron chi connectivity index (χ3n) is 2.27. The predicted molar refractivity (Wildman–Crippen MR) is 68.4 cm³/mol. The highest BCUT2D eigenvalue weighted by Gasteiger charge is 2.01. The fourth-order valence-corrected chi connectivity index (χ4v) is 1.35. The van der Waals surface area contributed by atoms with Gasteiger partial charge in [-0.2, -0.15) is 0 Å². The Kier molecular flexibility index (Phi) is 9.02. The van der Waals surface area contributed by atoms with Gasteiger partial charge in [0.25, 0.3) is 0 Å². The number of carbonyl (C=O) groups excluding carboxylic acids is 2. The van der Waals surface area contributed by atoms with E-state index in [9.17, 15) is 9.59 Å². The summed E-state index contributed by atoms with van der Waals surface area (Å²) in [4.78, 5) is 21.7. The van der Waals surface area contributed by atoms with Crippen LogP contribution in [0.5, 0.6) is 0 Å². The number of rotatable bonds is 8. The molecule has 17 heavy (non-hydrogen) atoms. The Labute approximate surface area is 104 Å². The minimum Gasteiger partial charge on any atom is -0.387 e. The second-order valence-electron chi connectivity index (χ2n) is 4.38. The molecule has 0 aliphatic heterocycles. The van der Waals surface area contributed by atoms with Gasteiger partial charge < -0.3 is 4.74 Å². The molecule has 3 nitrogen and oxygen atoms in total. The molecule has 0 saturated heterocycles. The lowest BCUT2D eigenvalue weighted by molar-refractivity contribution is -0.152. The van der Waals surface area contributed by atoms with E-state index in [0.717, 1.165) is 24.8 Å². The molecule has 0 unspecified atom stereocenters. The van der Waals surface area contributed by atoms with Crippen molar-refractivity contribution >= 4 is 11.9 Å². The maximum atomic E-state index is 11.0. The molecule has 0 fully saturated rings. The van der Waals surface area contributed by atoms with Gasteiger partial charge in [-0.05, 0) is 18.8 Å². The SMILES string of the molecule is C=CC(=O)OC(=O)C=CCCCCCC(C)C. The van der Waals surface area contributed by atoms with Crippen molar-refractivity contribution in [2.45, 2.75) is 46.0 Å². The molecule has 0 aliphatic rings. The Hall–Kier alpha value is -1.38. The van der Waals surface area contributed by atoms with Crippen LogP contribution in [0.15, 0.2) is 24.8 Å². The van der Waals surface area contributed by atoms with Crippen LogP contribution >= 0.6 is 0 Å². The summed E-state index contributed by atoms with van der Waals surface area (Å²) < 4.78 is 4.38. The first kappa shape index (κ1) is 15.6. The molecular weight excluding hydrogens is 216 g/mol. The fraction of sp³-hybridized carbons (Fsp3) is 0.571. The van der Waals surface area contributed by atoms with Crippen molar-refractivity contribution in [1.29, 1.82) is 0 Å². The largest absolute Gasteiger partial charge is 0.387 e. The number of hydrogen-bond donors (Lipinski definition) is 0. The second kappa shape index (κ2) is 9.82. The first-order valence-electron chi connectivity index (χ1n) is 6.11. The summed E-state index contributed by atoms with van der Waals surface area (Å²) in [5, 5.41) is 0. The Morgan fingerprint density at radius 2 is 1.88 bits per heavy atom. The molecule has 0 spiro atoms. The van der Waals surface area contributed by atoms with E-state index in [4.69, 9.17) is 0 Å². The van der Waals surface area contributed by atoms with Gasteiger partial charge in [-0.3, -0.25) is 0 Å². The van der Waals surface area contributed by atoms with Gasteiger partial charge >= 0.3 is 11.9 Å². The average molecular weight is 238 g/mol. The van der Waals surface area contributed by atoms with Gasteiger partial charge in [0.15, 0.2) is 0 Å². The standard InChI is InChI=1S/C14H22O3/c1-4-13(15)17-14(16)11-9-7-5-6-8-10-12(2)3/h4,9,11-12H,1,5-8,10H2,2-3H3. The van der Waals surface area contributed by atoms with Crippen molar-refractivity contribution < 1.29 is 14.3 Å². The van der Waals surface area contributed by atoms with Crippen molar-refractivity contribution in [2.24, 2.45) is 5.92 Å². The second-order valence-corrected chi connectivity index (χ2v) is 4.38. The lowest BCUT2D eigenvalue weighted by atomic mass is 10.0. The van der Waals surface area contributed by atoms with Crippen LogP contribution in [0, 0.1) is 5.92 Å². The number of allylic oxidation sites excluding steroid dienone is 1. The van der Waals surface area contributed by atoms with Gasteiger partial charge in [0, 0.05) is 12.2 Å². The molecule has 96 valence electrons. The molecule has 0 heterocycles. The summed E-state index contributed by atoms with van der Waals surface area (Å²) >= 11 is 0. The Balaban J connectivity index is 3.50. The third-order valence-corrected chi connectivity index (χ3v) is 2.27. The summed E-state index contributed by atoms with van der Waals surface area (Å²) in [5.41, 5.74) is 0. The van der Waals surface area contributed by atoms with E-state index in [1.165, 1.54) is 25.3 Å². The summed E-state index contributed by atoms with van der Waals surface area (Å²) in [6, 6.07) is 0. The molecule has 0 aromatic rings. The number of carbonyl (C=O) groups is 2. The molecule has 0 aliphatic carbocycles. The normalized spacial score (nSPS) is 10.8. The van der Waals surface area contributed by atoms with Gasteiger partial charge in [0.2, 0.25) is 0 Å². The molecule has 0 rings (SSSR count). The zero-order valence-corrected chi connectivity index (χ0v) is 10.8. The van der Waals surface area contributed by atoms with Crippen molar-refractivity contribution in [3.05, 3.63) is 24.8 Å². The van der Waals surface area contributed by atoms with E-state index in [1.807, 2.05) is 0 Å². The first-order valence-corrected chi connectivity index (χ1v) is 6.11. The van der Waals surface area contributed by atoms with Crippen molar-refractivity contribution in [3.63, 3.8) is 0 Å². The summed E-state index contributed by atoms with van der Waals surface area (Å²) in [6.07, 6.45) is 9.56. The maximum absolute atomic E-state index is 11.0. The number of ether oxygens (including phenoxy) is 1. The molecule has 0 atom stereocenters. The van der Waals surface area contributed by atoms with Crippen LogP contribution in [-0.2, 0) is 14.3 Å². The average Bonchev–Trinajstić information content (AvgIpc) is 2.27. The van der Waals surface area contributed by atoms with Crippen LogP contribution in [-0.4, -0.2) is 11.9 Å². The number of esters is 2. The van der Waals surface area contributed by atoms with E-state index in [2.05, 4.69) is 25.2 Å². The van der Waals surface area contributed by atoms with E-state index in [1.54, 1.807) is 6.08 Å². The monoisotopic (exact) mass is 238 g/mol. The summed E-state index contributed by atoms with van der Waals surface area (Å²) in [6.45, 7) is 7.64. The molecule has 0 N–H and O–H groups in total. The van der Waals surface area contributed by atoms with Crippen molar-refractivity contribution in [1.82, 2.24) is 0 Å². The van der Waals surface area contributed by atoms with Gasteiger partial charge in [0.1, 0.15) is 0 Å². The van der Waals surface area contributed by atoms with Crippen LogP contribution in [0.1, 0.15) is 46.0 Å². The summed E-state index contributed by atoms with van der Waals surface area (Å²) in [7, 11) is 0. The Bertz CT molecular complexity index is 277. The number of unbranched alkanes of at least 4 members (excludes halogenated alkanes) is 3. The first-order chi connectivity index (χ1) is 8.06. The minimum absolute atomic E-state index is 0.628. The van der Waals surface area contributed by atoms with Crippen LogP contribution in [0.4, 0.5) is 0 Å². The van der Waals surface area contributed by atoms with Crippen LogP contribution in [0.25, 0.3) is 0 Å². The van der Waals surface area contributed by atoms with E-state index < -0.39 is 11.9 Å². The third kappa shape index (κ3) is 10.9. The smallest absolute Gasteiger partial charge is 0.338 e. The van der Waals surface area contributed by atoms with E-state index in [-0.39, 0.29) is 0 Å². The highest BCUT2D eigenvalue weighted by molar-refractivity contribution is 5.96. The van der Waals surface area contributed by atoms with Crippen molar-refractivity contribution in [2.75, 3.05) is 0 Å². The predicted octanol–water partition coefficient (Wildman–Crippen LogP) is 3.40. The van der Waals surface area contributed by atoms with Gasteiger partial charge in [0.05, 0.1) is 0 Å². The topological polar surface area (TPSA) is 43.4 Å². The Morgan fingerprint density at radius 3 is 2.47 bits per heavy atom. The van der Waals surface area contributed by atoms with Gasteiger partial charge in [-0.15, -0.1) is 0 Å². The zero-order valence-electron chi connectivity index (χ0n) is 10.8. The number of hydrogen-bond acceptors (Lipinski definition) is 3. The lowest BCUT2D eigenvalue weighted by Gasteiger charge is -2.02. The summed E-state index contributed by atoms with van der Waals surface area (Å²) in [5.74, 6) is -0.584. The molecule has 0 amide bonds.